The monoisotopic (exact) mass is 253 g/mol. The molecule has 1 aliphatic rings. The highest BCUT2D eigenvalue weighted by molar-refractivity contribution is 5.76. The lowest BCUT2D eigenvalue weighted by molar-refractivity contribution is -0.131. The van der Waals surface area contributed by atoms with Gasteiger partial charge in [-0.3, -0.25) is 4.79 Å². The number of aryl methyl sites for hydroxylation is 1. The van der Waals surface area contributed by atoms with E-state index < -0.39 is 6.10 Å². The van der Waals surface area contributed by atoms with Crippen molar-refractivity contribution in [1.82, 2.24) is 15.0 Å². The van der Waals surface area contributed by atoms with Crippen LogP contribution in [-0.2, 0) is 11.2 Å². The maximum atomic E-state index is 11.7. The number of aliphatic hydroxyl groups excluding tert-OH is 1. The summed E-state index contributed by atoms with van der Waals surface area (Å²) in [7, 11) is 1.68. The van der Waals surface area contributed by atoms with Gasteiger partial charge in [0, 0.05) is 32.4 Å². The molecule has 0 bridgehead atoms. The van der Waals surface area contributed by atoms with Crippen LogP contribution in [-0.4, -0.2) is 45.8 Å². The number of aromatic nitrogens is 2. The lowest BCUT2D eigenvalue weighted by Crippen LogP contribution is -2.33. The molecule has 1 fully saturated rings. The molecule has 1 heterocycles. The molecule has 1 amide bonds. The number of amides is 1. The highest BCUT2D eigenvalue weighted by atomic mass is 16.5. The fourth-order valence-electron chi connectivity index (χ4n) is 1.78. The van der Waals surface area contributed by atoms with Gasteiger partial charge >= 0.3 is 0 Å². The highest BCUT2D eigenvalue weighted by Crippen LogP contribution is 2.38. The summed E-state index contributed by atoms with van der Waals surface area (Å²) in [6, 6.07) is 0. The summed E-state index contributed by atoms with van der Waals surface area (Å²) in [6.07, 6.45) is 2.55. The van der Waals surface area contributed by atoms with Gasteiger partial charge in [0.05, 0.1) is 6.10 Å². The first-order valence-electron chi connectivity index (χ1n) is 6.30. The van der Waals surface area contributed by atoms with Gasteiger partial charge < -0.3 is 14.5 Å². The van der Waals surface area contributed by atoms with Crippen molar-refractivity contribution in [2.24, 2.45) is 0 Å². The molecule has 1 aromatic rings. The highest BCUT2D eigenvalue weighted by Gasteiger charge is 2.28. The Morgan fingerprint density at radius 3 is 2.94 bits per heavy atom. The third-order valence-electron chi connectivity index (χ3n) is 2.94. The van der Waals surface area contributed by atoms with Crippen molar-refractivity contribution in [2.75, 3.05) is 13.6 Å². The first-order chi connectivity index (χ1) is 8.56. The van der Waals surface area contributed by atoms with E-state index in [0.29, 0.717) is 31.2 Å². The standard InChI is InChI=1S/C12H19N3O3/c1-8(16)7-15(2)11(17)6-5-10-13-12(14-18-10)9-3-4-9/h8-9,16H,3-7H2,1-2H3. The largest absolute Gasteiger partial charge is 0.392 e. The van der Waals surface area contributed by atoms with Gasteiger partial charge in [-0.05, 0) is 19.8 Å². The molecule has 0 radical (unpaired) electrons. The number of likely N-dealkylation sites (N-methyl/N-ethyl adjacent to an activating group) is 1. The van der Waals surface area contributed by atoms with Crippen LogP contribution >= 0.6 is 0 Å². The summed E-state index contributed by atoms with van der Waals surface area (Å²) in [5.74, 6) is 1.74. The Balaban J connectivity index is 1.77. The maximum absolute atomic E-state index is 11.7. The number of carbonyl (C=O) groups excluding carboxylic acids is 1. The van der Waals surface area contributed by atoms with Crippen molar-refractivity contribution < 1.29 is 14.4 Å². The van der Waals surface area contributed by atoms with Crippen molar-refractivity contribution >= 4 is 5.91 Å². The Kier molecular flexibility index (Phi) is 3.96. The summed E-state index contributed by atoms with van der Waals surface area (Å²) in [5, 5.41) is 13.1. The van der Waals surface area contributed by atoms with Gasteiger partial charge in [0.25, 0.3) is 0 Å². The van der Waals surface area contributed by atoms with E-state index in [4.69, 9.17) is 4.52 Å². The van der Waals surface area contributed by atoms with Gasteiger partial charge in [0.2, 0.25) is 11.8 Å². The molecular formula is C12H19N3O3. The normalized spacial score (nSPS) is 16.6. The number of aliphatic hydroxyl groups is 1. The first-order valence-corrected chi connectivity index (χ1v) is 6.30. The van der Waals surface area contributed by atoms with Gasteiger partial charge in [0.1, 0.15) is 0 Å². The van der Waals surface area contributed by atoms with E-state index in [1.54, 1.807) is 14.0 Å². The minimum Gasteiger partial charge on any atom is -0.392 e. The minimum atomic E-state index is -0.510. The Morgan fingerprint density at radius 1 is 1.61 bits per heavy atom. The van der Waals surface area contributed by atoms with Crippen LogP contribution in [0.4, 0.5) is 0 Å². The fourth-order valence-corrected chi connectivity index (χ4v) is 1.78. The van der Waals surface area contributed by atoms with Crippen LogP contribution in [0.3, 0.4) is 0 Å². The van der Waals surface area contributed by atoms with E-state index >= 15 is 0 Å². The SMILES string of the molecule is CC(O)CN(C)C(=O)CCc1nc(C2CC2)no1. The fraction of sp³-hybridized carbons (Fsp3) is 0.750. The molecule has 1 atom stereocenters. The summed E-state index contributed by atoms with van der Waals surface area (Å²) < 4.78 is 5.10. The van der Waals surface area contributed by atoms with Gasteiger partial charge in [-0.1, -0.05) is 5.16 Å². The van der Waals surface area contributed by atoms with Gasteiger partial charge in [-0.15, -0.1) is 0 Å². The number of nitrogens with zero attached hydrogens (tertiary/aromatic N) is 3. The summed E-state index contributed by atoms with van der Waals surface area (Å²) >= 11 is 0. The predicted molar refractivity (Wildman–Crippen MR) is 63.9 cm³/mol. The molecule has 6 nitrogen and oxygen atoms in total. The van der Waals surface area contributed by atoms with Gasteiger partial charge in [-0.25, -0.2) is 0 Å². The second kappa shape index (κ2) is 5.48. The third kappa shape index (κ3) is 3.53. The molecule has 1 unspecified atom stereocenters. The molecule has 2 rings (SSSR count). The summed E-state index contributed by atoms with van der Waals surface area (Å²) in [5.41, 5.74) is 0. The number of rotatable bonds is 6. The Morgan fingerprint density at radius 2 is 2.33 bits per heavy atom. The van der Waals surface area contributed by atoms with Gasteiger partial charge in [-0.2, -0.15) is 4.98 Å². The van der Waals surface area contributed by atoms with E-state index in [0.717, 1.165) is 18.7 Å². The zero-order valence-electron chi connectivity index (χ0n) is 10.8. The number of hydrogen-bond donors (Lipinski definition) is 1. The Hall–Kier alpha value is -1.43. The van der Waals surface area contributed by atoms with Crippen LogP contribution in [0.2, 0.25) is 0 Å². The predicted octanol–water partition coefficient (Wildman–Crippen LogP) is 0.719. The molecule has 18 heavy (non-hydrogen) atoms. The molecule has 0 aromatic carbocycles. The van der Waals surface area contributed by atoms with Crippen molar-refractivity contribution in [1.29, 1.82) is 0 Å². The topological polar surface area (TPSA) is 79.5 Å². The van der Waals surface area contributed by atoms with E-state index in [1.807, 2.05) is 0 Å². The maximum Gasteiger partial charge on any atom is 0.227 e. The van der Waals surface area contributed by atoms with Crippen LogP contribution in [0.5, 0.6) is 0 Å². The zero-order chi connectivity index (χ0) is 13.1. The summed E-state index contributed by atoms with van der Waals surface area (Å²) in [6.45, 7) is 2.00. The number of carbonyl (C=O) groups is 1. The average Bonchev–Trinajstić information content (AvgIpc) is 3.05. The molecule has 6 heteroatoms. The van der Waals surface area contributed by atoms with Crippen LogP contribution < -0.4 is 0 Å². The van der Waals surface area contributed by atoms with Crippen LogP contribution in [0.15, 0.2) is 4.52 Å². The molecule has 1 aromatic heterocycles. The molecule has 0 aliphatic heterocycles. The van der Waals surface area contributed by atoms with Crippen molar-refractivity contribution in [3.05, 3.63) is 11.7 Å². The quantitative estimate of drug-likeness (QED) is 0.808. The second-order valence-electron chi connectivity index (χ2n) is 4.94. The zero-order valence-corrected chi connectivity index (χ0v) is 10.8. The molecule has 0 spiro atoms. The molecule has 100 valence electrons. The molecule has 1 N–H and O–H groups in total. The number of hydrogen-bond acceptors (Lipinski definition) is 5. The molecular weight excluding hydrogens is 234 g/mol. The van der Waals surface area contributed by atoms with E-state index in [9.17, 15) is 9.90 Å². The van der Waals surface area contributed by atoms with Crippen molar-refractivity contribution in [3.8, 4) is 0 Å². The molecule has 1 saturated carbocycles. The average molecular weight is 253 g/mol. The van der Waals surface area contributed by atoms with Crippen molar-refractivity contribution in [3.63, 3.8) is 0 Å². The second-order valence-corrected chi connectivity index (χ2v) is 4.94. The molecule has 1 aliphatic carbocycles. The van der Waals surface area contributed by atoms with Crippen LogP contribution in [0, 0.1) is 0 Å². The van der Waals surface area contributed by atoms with E-state index in [2.05, 4.69) is 10.1 Å². The first kappa shape index (κ1) is 13.0. The van der Waals surface area contributed by atoms with E-state index in [-0.39, 0.29) is 5.91 Å². The van der Waals surface area contributed by atoms with Crippen molar-refractivity contribution in [2.45, 2.75) is 44.6 Å². The molecule has 0 saturated heterocycles. The Labute approximate surface area is 106 Å². The van der Waals surface area contributed by atoms with Gasteiger partial charge in [0.15, 0.2) is 5.82 Å². The third-order valence-corrected chi connectivity index (χ3v) is 2.94. The van der Waals surface area contributed by atoms with Crippen LogP contribution in [0.1, 0.15) is 43.8 Å². The lowest BCUT2D eigenvalue weighted by Gasteiger charge is -2.18. The smallest absolute Gasteiger partial charge is 0.227 e. The summed E-state index contributed by atoms with van der Waals surface area (Å²) in [4.78, 5) is 17.5. The Bertz CT molecular complexity index is 412. The van der Waals surface area contributed by atoms with Crippen LogP contribution in [0.25, 0.3) is 0 Å². The van der Waals surface area contributed by atoms with E-state index in [1.165, 1.54) is 4.90 Å². The minimum absolute atomic E-state index is 0.0259. The lowest BCUT2D eigenvalue weighted by atomic mass is 10.2.